The van der Waals surface area contributed by atoms with Crippen LogP contribution < -0.4 is 0 Å². The number of aromatic amines is 1. The fourth-order valence-corrected chi connectivity index (χ4v) is 1.68. The van der Waals surface area contributed by atoms with Crippen LogP contribution >= 0.6 is 0 Å². The van der Waals surface area contributed by atoms with E-state index in [1.54, 1.807) is 6.92 Å². The number of H-pyrrole nitrogens is 1. The Labute approximate surface area is 106 Å². The van der Waals surface area contributed by atoms with Crippen LogP contribution in [0.25, 0.3) is 11.3 Å². The van der Waals surface area contributed by atoms with Gasteiger partial charge in [-0.25, -0.2) is 14.0 Å². The number of aromatic carboxylic acids is 2. The fourth-order valence-electron chi connectivity index (χ4n) is 1.68. The number of halogens is 1. The number of rotatable bonds is 3. The molecule has 0 aliphatic heterocycles. The van der Waals surface area contributed by atoms with Crippen molar-refractivity contribution in [3.05, 3.63) is 40.8 Å². The number of hydrogen-bond donors (Lipinski definition) is 3. The molecule has 1 aromatic heterocycles. The molecule has 0 bridgehead atoms. The number of carboxylic acids is 2. The molecule has 19 heavy (non-hydrogen) atoms. The first kappa shape index (κ1) is 12.7. The average Bonchev–Trinajstić information content (AvgIpc) is 2.77. The molecule has 0 fully saturated rings. The Morgan fingerprint density at radius 3 is 2.42 bits per heavy atom. The highest BCUT2D eigenvalue weighted by Gasteiger charge is 2.17. The molecule has 0 amide bonds. The van der Waals surface area contributed by atoms with Crippen LogP contribution in [0.4, 0.5) is 4.39 Å². The highest BCUT2D eigenvalue weighted by molar-refractivity contribution is 5.91. The molecule has 0 saturated heterocycles. The third kappa shape index (κ3) is 2.30. The van der Waals surface area contributed by atoms with E-state index in [0.717, 1.165) is 12.1 Å². The Hall–Kier alpha value is -2.70. The third-order valence-electron chi connectivity index (χ3n) is 2.63. The second-order valence-corrected chi connectivity index (χ2v) is 3.92. The third-order valence-corrected chi connectivity index (χ3v) is 2.63. The molecule has 0 aliphatic rings. The number of nitrogens with one attached hydrogen (secondary N) is 1. The van der Waals surface area contributed by atoms with Crippen LogP contribution in [0.2, 0.25) is 0 Å². The van der Waals surface area contributed by atoms with Crippen LogP contribution in [0.5, 0.6) is 0 Å². The van der Waals surface area contributed by atoms with Crippen molar-refractivity contribution in [1.82, 2.24) is 10.2 Å². The van der Waals surface area contributed by atoms with Gasteiger partial charge >= 0.3 is 11.9 Å². The van der Waals surface area contributed by atoms with Gasteiger partial charge in [-0.2, -0.15) is 5.10 Å². The van der Waals surface area contributed by atoms with Crippen molar-refractivity contribution in [2.45, 2.75) is 6.92 Å². The van der Waals surface area contributed by atoms with Crippen LogP contribution in [0.3, 0.4) is 0 Å². The maximum absolute atomic E-state index is 13.4. The highest BCUT2D eigenvalue weighted by atomic mass is 19.1. The molecular weight excluding hydrogens is 255 g/mol. The van der Waals surface area contributed by atoms with Gasteiger partial charge in [-0.05, 0) is 30.7 Å². The summed E-state index contributed by atoms with van der Waals surface area (Å²) in [5.41, 5.74) is 0.460. The van der Waals surface area contributed by atoms with Gasteiger partial charge in [-0.15, -0.1) is 0 Å². The van der Waals surface area contributed by atoms with Crippen LogP contribution in [-0.4, -0.2) is 32.3 Å². The van der Waals surface area contributed by atoms with Gasteiger partial charge in [0.05, 0.1) is 11.3 Å². The summed E-state index contributed by atoms with van der Waals surface area (Å²) >= 11 is 0. The first-order valence-electron chi connectivity index (χ1n) is 5.22. The summed E-state index contributed by atoms with van der Waals surface area (Å²) in [6.45, 7) is 1.58. The van der Waals surface area contributed by atoms with Crippen molar-refractivity contribution in [3.63, 3.8) is 0 Å². The van der Waals surface area contributed by atoms with E-state index in [2.05, 4.69) is 10.2 Å². The zero-order valence-electron chi connectivity index (χ0n) is 9.77. The second kappa shape index (κ2) is 4.52. The Balaban J connectivity index is 2.57. The molecule has 0 aliphatic carbocycles. The van der Waals surface area contributed by atoms with E-state index in [0.29, 0.717) is 11.1 Å². The summed E-state index contributed by atoms with van der Waals surface area (Å²) in [5, 5.41) is 23.7. The molecule has 0 radical (unpaired) electrons. The minimum Gasteiger partial charge on any atom is -0.478 e. The Morgan fingerprint density at radius 2 is 1.89 bits per heavy atom. The van der Waals surface area contributed by atoms with Gasteiger partial charge in [0, 0.05) is 5.56 Å². The fraction of sp³-hybridized carbons (Fsp3) is 0.0833. The number of aryl methyl sites for hydroxylation is 1. The van der Waals surface area contributed by atoms with Crippen molar-refractivity contribution >= 4 is 11.9 Å². The van der Waals surface area contributed by atoms with E-state index in [4.69, 9.17) is 10.2 Å². The molecule has 0 spiro atoms. The second-order valence-electron chi connectivity index (χ2n) is 3.92. The Kier molecular flexibility index (Phi) is 3.04. The standard InChI is InChI=1S/C12H9FN2O4/c1-5-2-8(13)7(11(16)17)3-6(5)9-4-10(12(18)19)15-14-9/h2-4H,1H3,(H,14,15)(H,16,17)(H,18,19). The van der Waals surface area contributed by atoms with Crippen molar-refractivity contribution in [2.75, 3.05) is 0 Å². The largest absolute Gasteiger partial charge is 0.478 e. The SMILES string of the molecule is Cc1cc(F)c(C(=O)O)cc1-c1cc(C(=O)O)[nH]n1. The number of carbonyl (C=O) groups is 2. The zero-order valence-corrected chi connectivity index (χ0v) is 9.77. The lowest BCUT2D eigenvalue weighted by atomic mass is 10.0. The van der Waals surface area contributed by atoms with Crippen LogP contribution in [-0.2, 0) is 0 Å². The molecule has 0 atom stereocenters. The minimum absolute atomic E-state index is 0.129. The number of benzene rings is 1. The molecule has 1 heterocycles. The van der Waals surface area contributed by atoms with Gasteiger partial charge in [0.1, 0.15) is 11.5 Å². The Bertz CT molecular complexity index is 678. The molecule has 0 unspecified atom stereocenters. The first-order chi connectivity index (χ1) is 8.90. The summed E-state index contributed by atoms with van der Waals surface area (Å²) in [7, 11) is 0. The van der Waals surface area contributed by atoms with Crippen LogP contribution in [0.15, 0.2) is 18.2 Å². The lowest BCUT2D eigenvalue weighted by Crippen LogP contribution is -2.02. The minimum atomic E-state index is -1.40. The molecule has 0 saturated carbocycles. The quantitative estimate of drug-likeness (QED) is 0.785. The molecule has 98 valence electrons. The molecule has 6 nitrogen and oxygen atoms in total. The van der Waals surface area contributed by atoms with Gasteiger partial charge in [0.2, 0.25) is 0 Å². The van der Waals surface area contributed by atoms with E-state index >= 15 is 0 Å². The highest BCUT2D eigenvalue weighted by Crippen LogP contribution is 2.25. The monoisotopic (exact) mass is 264 g/mol. The van der Waals surface area contributed by atoms with Crippen molar-refractivity contribution < 1.29 is 24.2 Å². The molecular formula is C12H9FN2O4. The van der Waals surface area contributed by atoms with Gasteiger partial charge in [0.25, 0.3) is 0 Å². The van der Waals surface area contributed by atoms with Gasteiger partial charge in [0.15, 0.2) is 0 Å². The molecule has 2 aromatic rings. The number of hydrogen-bond acceptors (Lipinski definition) is 3. The van der Waals surface area contributed by atoms with Crippen LogP contribution in [0, 0.1) is 12.7 Å². The number of nitrogens with zero attached hydrogens (tertiary/aromatic N) is 1. The first-order valence-corrected chi connectivity index (χ1v) is 5.22. The summed E-state index contributed by atoms with van der Waals surface area (Å²) in [5.74, 6) is -3.42. The zero-order chi connectivity index (χ0) is 14.2. The summed E-state index contributed by atoms with van der Waals surface area (Å²) in [6.07, 6.45) is 0. The summed E-state index contributed by atoms with van der Waals surface area (Å²) in [4.78, 5) is 21.6. The van der Waals surface area contributed by atoms with E-state index in [-0.39, 0.29) is 11.4 Å². The maximum atomic E-state index is 13.4. The topological polar surface area (TPSA) is 103 Å². The number of aromatic nitrogens is 2. The van der Waals surface area contributed by atoms with Gasteiger partial charge in [-0.1, -0.05) is 0 Å². The number of carboxylic acid groups (broad SMARTS) is 2. The van der Waals surface area contributed by atoms with E-state index in [9.17, 15) is 14.0 Å². The Morgan fingerprint density at radius 1 is 1.21 bits per heavy atom. The molecule has 3 N–H and O–H groups in total. The van der Waals surface area contributed by atoms with Crippen molar-refractivity contribution in [2.24, 2.45) is 0 Å². The average molecular weight is 264 g/mol. The predicted octanol–water partition coefficient (Wildman–Crippen LogP) is 1.92. The molecule has 7 heteroatoms. The van der Waals surface area contributed by atoms with E-state index in [1.807, 2.05) is 0 Å². The lowest BCUT2D eigenvalue weighted by Gasteiger charge is -2.05. The summed E-state index contributed by atoms with van der Waals surface area (Å²) in [6, 6.07) is 3.47. The normalized spacial score (nSPS) is 10.4. The molecule has 2 rings (SSSR count). The molecule has 1 aromatic carbocycles. The van der Waals surface area contributed by atoms with Gasteiger partial charge in [-0.3, -0.25) is 5.10 Å². The lowest BCUT2D eigenvalue weighted by molar-refractivity contribution is 0.0680. The van der Waals surface area contributed by atoms with Gasteiger partial charge < -0.3 is 10.2 Å². The predicted molar refractivity (Wildman–Crippen MR) is 62.6 cm³/mol. The maximum Gasteiger partial charge on any atom is 0.353 e. The van der Waals surface area contributed by atoms with Crippen molar-refractivity contribution in [3.8, 4) is 11.3 Å². The smallest absolute Gasteiger partial charge is 0.353 e. The van der Waals surface area contributed by atoms with E-state index < -0.39 is 23.3 Å². The van der Waals surface area contributed by atoms with Crippen LogP contribution in [0.1, 0.15) is 26.4 Å². The van der Waals surface area contributed by atoms with Crippen molar-refractivity contribution in [1.29, 1.82) is 0 Å². The van der Waals surface area contributed by atoms with E-state index in [1.165, 1.54) is 6.07 Å². The summed E-state index contributed by atoms with van der Waals surface area (Å²) < 4.78 is 13.4.